The van der Waals surface area contributed by atoms with Crippen LogP contribution in [0.4, 0.5) is 0 Å². The quantitative estimate of drug-likeness (QED) is 0.678. The molecule has 2 heterocycles. The van der Waals surface area contributed by atoms with Crippen LogP contribution < -0.4 is 10.6 Å². The average Bonchev–Trinajstić information content (AvgIpc) is 2.81. The molecule has 0 aromatic carbocycles. The van der Waals surface area contributed by atoms with Crippen LogP contribution in [0.2, 0.25) is 0 Å². The average molecular weight is 220 g/mol. The Morgan fingerprint density at radius 3 is 2.81 bits per heavy atom. The lowest BCUT2D eigenvalue weighted by molar-refractivity contribution is 0.191. The molecule has 16 heavy (non-hydrogen) atoms. The zero-order chi connectivity index (χ0) is 11.2. The molecule has 0 aromatic heterocycles. The number of hydrogen-bond acceptors (Lipinski definition) is 3. The normalized spacial score (nSPS) is 25.9. The van der Waals surface area contributed by atoms with Gasteiger partial charge < -0.3 is 15.4 Å². The van der Waals surface area contributed by atoms with Crippen LogP contribution in [0.5, 0.6) is 0 Å². The molecule has 0 aliphatic carbocycles. The Labute approximate surface area is 97.6 Å². The van der Waals surface area contributed by atoms with Crippen LogP contribution in [-0.2, 0) is 4.74 Å². The van der Waals surface area contributed by atoms with Crippen LogP contribution in [0.3, 0.4) is 0 Å². The van der Waals surface area contributed by atoms with Gasteiger partial charge in [0.2, 0.25) is 0 Å². The number of nitrogens with one attached hydrogen (secondary N) is 2. The molecule has 2 aliphatic heterocycles. The molecule has 3 heteroatoms. The van der Waals surface area contributed by atoms with Crippen molar-refractivity contribution in [1.82, 2.24) is 10.6 Å². The van der Waals surface area contributed by atoms with Crippen molar-refractivity contribution in [3.8, 4) is 11.8 Å². The Hall–Kier alpha value is -0.980. The molecule has 0 aromatic rings. The Morgan fingerprint density at radius 1 is 1.31 bits per heavy atom. The summed E-state index contributed by atoms with van der Waals surface area (Å²) in [5.74, 6) is 6.98. The Morgan fingerprint density at radius 2 is 2.12 bits per heavy atom. The molecule has 3 nitrogen and oxygen atoms in total. The molecule has 2 aliphatic rings. The van der Waals surface area contributed by atoms with E-state index in [-0.39, 0.29) is 0 Å². The van der Waals surface area contributed by atoms with Gasteiger partial charge in [-0.15, -0.1) is 0 Å². The fourth-order valence-electron chi connectivity index (χ4n) is 2.09. The van der Waals surface area contributed by atoms with Gasteiger partial charge in [-0.05, 0) is 38.3 Å². The molecule has 1 atom stereocenters. The van der Waals surface area contributed by atoms with Crippen molar-refractivity contribution in [3.05, 3.63) is 12.3 Å². The van der Waals surface area contributed by atoms with Gasteiger partial charge in [-0.2, -0.15) is 0 Å². The van der Waals surface area contributed by atoms with Crippen LogP contribution in [0.25, 0.3) is 0 Å². The summed E-state index contributed by atoms with van der Waals surface area (Å²) in [5, 5.41) is 6.65. The van der Waals surface area contributed by atoms with Gasteiger partial charge in [-0.3, -0.25) is 0 Å². The highest BCUT2D eigenvalue weighted by Gasteiger charge is 2.15. The van der Waals surface area contributed by atoms with Crippen LogP contribution >= 0.6 is 0 Å². The zero-order valence-electron chi connectivity index (χ0n) is 9.72. The molecule has 0 saturated carbocycles. The van der Waals surface area contributed by atoms with E-state index in [4.69, 9.17) is 4.74 Å². The minimum Gasteiger partial charge on any atom is -0.379 e. The SMILES string of the molecule is C=C(C#CC1CCNCC1)N[C@H]1CCOC1. The van der Waals surface area contributed by atoms with Gasteiger partial charge in [0.05, 0.1) is 18.3 Å². The largest absolute Gasteiger partial charge is 0.379 e. The summed E-state index contributed by atoms with van der Waals surface area (Å²) in [6.07, 6.45) is 3.38. The number of allylic oxidation sites excluding steroid dienone is 1. The summed E-state index contributed by atoms with van der Waals surface area (Å²) in [7, 11) is 0. The topological polar surface area (TPSA) is 33.3 Å². The van der Waals surface area contributed by atoms with E-state index in [0.717, 1.165) is 51.3 Å². The molecule has 2 N–H and O–H groups in total. The van der Waals surface area contributed by atoms with Gasteiger partial charge in [0.25, 0.3) is 0 Å². The monoisotopic (exact) mass is 220 g/mol. The highest BCUT2D eigenvalue weighted by molar-refractivity contribution is 5.25. The van der Waals surface area contributed by atoms with E-state index >= 15 is 0 Å². The smallest absolute Gasteiger partial charge is 0.0783 e. The second-order valence-corrected chi connectivity index (χ2v) is 4.48. The molecular weight excluding hydrogens is 200 g/mol. The van der Waals surface area contributed by atoms with E-state index in [1.807, 2.05) is 0 Å². The van der Waals surface area contributed by atoms with Crippen molar-refractivity contribution in [2.24, 2.45) is 5.92 Å². The third-order valence-electron chi connectivity index (χ3n) is 3.07. The van der Waals surface area contributed by atoms with Crippen molar-refractivity contribution in [2.45, 2.75) is 25.3 Å². The molecule has 88 valence electrons. The van der Waals surface area contributed by atoms with Crippen molar-refractivity contribution in [3.63, 3.8) is 0 Å². The predicted octanol–water partition coefficient (Wildman–Crippen LogP) is 0.882. The third kappa shape index (κ3) is 3.55. The fraction of sp³-hybridized carbons (Fsp3) is 0.692. The van der Waals surface area contributed by atoms with E-state index in [9.17, 15) is 0 Å². The first-order chi connectivity index (χ1) is 7.84. The summed E-state index contributed by atoms with van der Waals surface area (Å²) < 4.78 is 5.29. The maximum Gasteiger partial charge on any atom is 0.0783 e. The Bertz CT molecular complexity index is 291. The standard InChI is InChI=1S/C13H20N2O/c1-11(15-13-6-9-16-10-13)2-3-12-4-7-14-8-5-12/h12-15H,1,4-10H2/t13-/m0/s1. The highest BCUT2D eigenvalue weighted by Crippen LogP contribution is 2.10. The summed E-state index contributed by atoms with van der Waals surface area (Å²) in [4.78, 5) is 0. The third-order valence-corrected chi connectivity index (χ3v) is 3.07. The summed E-state index contributed by atoms with van der Waals surface area (Å²) in [6, 6.07) is 0.412. The first kappa shape index (κ1) is 11.5. The number of rotatable bonds is 2. The molecule has 0 bridgehead atoms. The molecule has 0 amide bonds. The van der Waals surface area contributed by atoms with Gasteiger partial charge in [-0.25, -0.2) is 0 Å². The second-order valence-electron chi connectivity index (χ2n) is 4.48. The van der Waals surface area contributed by atoms with E-state index in [1.165, 1.54) is 0 Å². The van der Waals surface area contributed by atoms with Gasteiger partial charge >= 0.3 is 0 Å². The molecule has 2 fully saturated rings. The zero-order valence-corrected chi connectivity index (χ0v) is 9.72. The first-order valence-electron chi connectivity index (χ1n) is 6.10. The van der Waals surface area contributed by atoms with E-state index < -0.39 is 0 Å². The summed E-state index contributed by atoms with van der Waals surface area (Å²) in [5.41, 5.74) is 0.842. The number of piperidine rings is 1. The summed E-state index contributed by atoms with van der Waals surface area (Å²) in [6.45, 7) is 7.77. The summed E-state index contributed by atoms with van der Waals surface area (Å²) >= 11 is 0. The molecule has 2 saturated heterocycles. The lowest BCUT2D eigenvalue weighted by Gasteiger charge is -2.17. The number of hydrogen-bond donors (Lipinski definition) is 2. The Balaban J connectivity index is 1.74. The van der Waals surface area contributed by atoms with Crippen LogP contribution in [0.1, 0.15) is 19.3 Å². The minimum atomic E-state index is 0.412. The van der Waals surface area contributed by atoms with Gasteiger partial charge in [0.15, 0.2) is 0 Å². The van der Waals surface area contributed by atoms with Crippen molar-refractivity contribution < 1.29 is 4.74 Å². The fourth-order valence-corrected chi connectivity index (χ4v) is 2.09. The molecule has 2 rings (SSSR count). The molecule has 0 radical (unpaired) electrons. The maximum atomic E-state index is 5.29. The second kappa shape index (κ2) is 5.93. The van der Waals surface area contributed by atoms with Crippen molar-refractivity contribution in [2.75, 3.05) is 26.3 Å². The molecular formula is C13H20N2O. The Kier molecular flexibility index (Phi) is 4.26. The van der Waals surface area contributed by atoms with Crippen molar-refractivity contribution in [1.29, 1.82) is 0 Å². The molecule has 0 unspecified atom stereocenters. The van der Waals surface area contributed by atoms with Crippen molar-refractivity contribution >= 4 is 0 Å². The van der Waals surface area contributed by atoms with Crippen LogP contribution in [0.15, 0.2) is 12.3 Å². The van der Waals surface area contributed by atoms with E-state index in [0.29, 0.717) is 12.0 Å². The predicted molar refractivity (Wildman–Crippen MR) is 64.9 cm³/mol. The lowest BCUT2D eigenvalue weighted by atomic mass is 9.99. The van der Waals surface area contributed by atoms with Gasteiger partial charge in [0, 0.05) is 12.5 Å². The van der Waals surface area contributed by atoms with Gasteiger partial charge in [-0.1, -0.05) is 12.5 Å². The lowest BCUT2D eigenvalue weighted by Crippen LogP contribution is -2.28. The maximum absolute atomic E-state index is 5.29. The van der Waals surface area contributed by atoms with E-state index in [1.54, 1.807) is 0 Å². The molecule has 0 spiro atoms. The number of ether oxygens (including phenoxy) is 1. The van der Waals surface area contributed by atoms with Crippen LogP contribution in [0, 0.1) is 17.8 Å². The highest BCUT2D eigenvalue weighted by atomic mass is 16.5. The van der Waals surface area contributed by atoms with E-state index in [2.05, 4.69) is 29.1 Å². The van der Waals surface area contributed by atoms with Crippen LogP contribution in [-0.4, -0.2) is 32.3 Å². The van der Waals surface area contributed by atoms with Gasteiger partial charge in [0.1, 0.15) is 0 Å². The first-order valence-corrected chi connectivity index (χ1v) is 6.10. The minimum absolute atomic E-state index is 0.412.